The second-order valence-corrected chi connectivity index (χ2v) is 6.56. The molecule has 0 aliphatic rings. The van der Waals surface area contributed by atoms with E-state index in [1.165, 1.54) is 24.8 Å². The molecule has 3 heteroatoms. The van der Waals surface area contributed by atoms with Gasteiger partial charge in [-0.2, -0.15) is 0 Å². The van der Waals surface area contributed by atoms with Crippen LogP contribution in [-0.4, -0.2) is 18.6 Å². The molecular weight excluding hydrogens is 280 g/mol. The van der Waals surface area contributed by atoms with E-state index in [4.69, 9.17) is 17.3 Å². The maximum Gasteiger partial charge on any atom is 0.0642 e. The van der Waals surface area contributed by atoms with Crippen LogP contribution in [0, 0.1) is 0 Å². The van der Waals surface area contributed by atoms with Gasteiger partial charge < -0.3 is 10.6 Å². The van der Waals surface area contributed by atoms with E-state index in [1.807, 2.05) is 0 Å². The molecular formula is C18H31ClN2. The van der Waals surface area contributed by atoms with Crippen molar-refractivity contribution in [1.82, 2.24) is 0 Å². The Hall–Kier alpha value is -0.730. The van der Waals surface area contributed by atoms with Gasteiger partial charge in [-0.1, -0.05) is 44.4 Å². The zero-order valence-electron chi connectivity index (χ0n) is 14.0. The predicted molar refractivity (Wildman–Crippen MR) is 95.4 cm³/mol. The number of hydrogen-bond acceptors (Lipinski definition) is 2. The smallest absolute Gasteiger partial charge is 0.0642 e. The largest absolute Gasteiger partial charge is 0.368 e. The lowest BCUT2D eigenvalue weighted by Gasteiger charge is -2.30. The normalized spacial score (nSPS) is 12.7. The third-order valence-electron chi connectivity index (χ3n) is 3.97. The van der Waals surface area contributed by atoms with Crippen molar-refractivity contribution in [3.05, 3.63) is 28.8 Å². The van der Waals surface area contributed by atoms with E-state index in [2.05, 4.69) is 50.8 Å². The van der Waals surface area contributed by atoms with E-state index < -0.39 is 0 Å². The third kappa shape index (κ3) is 5.88. The molecule has 2 nitrogen and oxygen atoms in total. The van der Waals surface area contributed by atoms with Crippen LogP contribution in [0.5, 0.6) is 0 Å². The van der Waals surface area contributed by atoms with E-state index >= 15 is 0 Å². The fourth-order valence-corrected chi connectivity index (χ4v) is 2.86. The van der Waals surface area contributed by atoms with Crippen LogP contribution >= 0.6 is 11.6 Å². The van der Waals surface area contributed by atoms with Gasteiger partial charge >= 0.3 is 0 Å². The molecule has 0 heterocycles. The summed E-state index contributed by atoms with van der Waals surface area (Å²) < 4.78 is 0. The van der Waals surface area contributed by atoms with Gasteiger partial charge in [0.25, 0.3) is 0 Å². The van der Waals surface area contributed by atoms with Crippen LogP contribution < -0.4 is 10.6 Å². The molecule has 0 bridgehead atoms. The Balaban J connectivity index is 2.84. The molecule has 0 saturated carbocycles. The monoisotopic (exact) mass is 310 g/mol. The summed E-state index contributed by atoms with van der Waals surface area (Å²) in [4.78, 5) is 2.40. The Morgan fingerprint density at radius 3 is 2.43 bits per heavy atom. The van der Waals surface area contributed by atoms with Crippen LogP contribution in [0.4, 0.5) is 5.69 Å². The lowest BCUT2D eigenvalue weighted by molar-refractivity contribution is 0.625. The Bertz CT molecular complexity index is 418. The van der Waals surface area contributed by atoms with Crippen LogP contribution in [-0.2, 0) is 6.42 Å². The first-order valence-electron chi connectivity index (χ1n) is 8.30. The van der Waals surface area contributed by atoms with Crippen LogP contribution in [0.1, 0.15) is 58.9 Å². The van der Waals surface area contributed by atoms with Crippen molar-refractivity contribution in [3.8, 4) is 0 Å². The molecule has 2 N–H and O–H groups in total. The molecule has 0 amide bonds. The average Bonchev–Trinajstić information content (AvgIpc) is 2.44. The Morgan fingerprint density at radius 1 is 1.19 bits per heavy atom. The summed E-state index contributed by atoms with van der Waals surface area (Å²) in [6.07, 6.45) is 5.62. The van der Waals surface area contributed by atoms with E-state index in [1.54, 1.807) is 0 Å². The maximum atomic E-state index is 6.53. The molecule has 0 radical (unpaired) electrons. The highest BCUT2D eigenvalue weighted by atomic mass is 35.5. The highest BCUT2D eigenvalue weighted by Crippen LogP contribution is 2.29. The van der Waals surface area contributed by atoms with Gasteiger partial charge in [0.2, 0.25) is 0 Å². The average molecular weight is 311 g/mol. The first-order valence-corrected chi connectivity index (χ1v) is 8.68. The number of nitrogens with two attached hydrogens (primary N) is 1. The highest BCUT2D eigenvalue weighted by molar-refractivity contribution is 6.33. The van der Waals surface area contributed by atoms with Gasteiger partial charge in [-0.25, -0.2) is 0 Å². The molecule has 0 aliphatic heterocycles. The molecule has 21 heavy (non-hydrogen) atoms. The molecule has 120 valence electrons. The SMILES string of the molecule is CCCCCN(c1ccc(CC(N)CC)cc1Cl)C(C)C. The van der Waals surface area contributed by atoms with Gasteiger partial charge in [-0.3, -0.25) is 0 Å². The van der Waals surface area contributed by atoms with Crippen LogP contribution in [0.3, 0.4) is 0 Å². The minimum Gasteiger partial charge on any atom is -0.368 e. The highest BCUT2D eigenvalue weighted by Gasteiger charge is 2.14. The van der Waals surface area contributed by atoms with Crippen LogP contribution in [0.25, 0.3) is 0 Å². The number of unbranched alkanes of at least 4 members (excludes halogenated alkanes) is 2. The van der Waals surface area contributed by atoms with Gasteiger partial charge in [0.1, 0.15) is 0 Å². The zero-order chi connectivity index (χ0) is 15.8. The molecule has 0 aliphatic carbocycles. The molecule has 1 rings (SSSR count). The van der Waals surface area contributed by atoms with Crippen molar-refractivity contribution in [2.45, 2.75) is 71.9 Å². The topological polar surface area (TPSA) is 29.3 Å². The summed E-state index contributed by atoms with van der Waals surface area (Å²) in [6.45, 7) is 9.87. The summed E-state index contributed by atoms with van der Waals surface area (Å²) >= 11 is 6.53. The molecule has 0 aromatic heterocycles. The second kappa shape index (κ2) is 9.32. The molecule has 1 unspecified atom stereocenters. The van der Waals surface area contributed by atoms with Crippen molar-refractivity contribution in [2.75, 3.05) is 11.4 Å². The molecule has 1 aromatic rings. The van der Waals surface area contributed by atoms with E-state index in [-0.39, 0.29) is 6.04 Å². The van der Waals surface area contributed by atoms with E-state index in [0.717, 1.165) is 30.1 Å². The van der Waals surface area contributed by atoms with Crippen LogP contribution in [0.15, 0.2) is 18.2 Å². The van der Waals surface area contributed by atoms with Crippen molar-refractivity contribution < 1.29 is 0 Å². The maximum absolute atomic E-state index is 6.53. The van der Waals surface area contributed by atoms with Gasteiger partial charge in [0.15, 0.2) is 0 Å². The molecule has 0 fully saturated rings. The van der Waals surface area contributed by atoms with Gasteiger partial charge in [-0.15, -0.1) is 0 Å². The number of nitrogens with zero attached hydrogens (tertiary/aromatic N) is 1. The fourth-order valence-electron chi connectivity index (χ4n) is 2.55. The molecule has 1 aromatic carbocycles. The number of anilines is 1. The van der Waals surface area contributed by atoms with Gasteiger partial charge in [-0.05, 0) is 50.8 Å². The van der Waals surface area contributed by atoms with Crippen molar-refractivity contribution in [2.24, 2.45) is 5.73 Å². The summed E-state index contributed by atoms with van der Waals surface area (Å²) in [5.41, 5.74) is 8.41. The minimum atomic E-state index is 0.220. The predicted octanol–water partition coefficient (Wildman–Crippen LogP) is 5.02. The summed E-state index contributed by atoms with van der Waals surface area (Å²) in [5, 5.41) is 0.848. The van der Waals surface area contributed by atoms with Crippen LogP contribution in [0.2, 0.25) is 5.02 Å². The fraction of sp³-hybridized carbons (Fsp3) is 0.667. The zero-order valence-corrected chi connectivity index (χ0v) is 14.8. The van der Waals surface area contributed by atoms with E-state index in [9.17, 15) is 0 Å². The van der Waals surface area contributed by atoms with E-state index in [0.29, 0.717) is 6.04 Å². The quantitative estimate of drug-likeness (QED) is 0.648. The lowest BCUT2D eigenvalue weighted by atomic mass is 10.0. The Kier molecular flexibility index (Phi) is 8.13. The van der Waals surface area contributed by atoms with Crippen molar-refractivity contribution >= 4 is 17.3 Å². The summed E-state index contributed by atoms with van der Waals surface area (Å²) in [6, 6.07) is 7.10. The lowest BCUT2D eigenvalue weighted by Crippen LogP contribution is -2.32. The summed E-state index contributed by atoms with van der Waals surface area (Å²) in [5.74, 6) is 0. The number of benzene rings is 1. The summed E-state index contributed by atoms with van der Waals surface area (Å²) in [7, 11) is 0. The minimum absolute atomic E-state index is 0.220. The second-order valence-electron chi connectivity index (χ2n) is 6.15. The first kappa shape index (κ1) is 18.3. The van der Waals surface area contributed by atoms with Gasteiger partial charge in [0.05, 0.1) is 10.7 Å². The number of rotatable bonds is 9. The number of halogens is 1. The third-order valence-corrected chi connectivity index (χ3v) is 4.27. The molecule has 1 atom stereocenters. The first-order chi connectivity index (χ1) is 9.99. The Morgan fingerprint density at radius 2 is 1.90 bits per heavy atom. The van der Waals surface area contributed by atoms with Crippen molar-refractivity contribution in [3.63, 3.8) is 0 Å². The van der Waals surface area contributed by atoms with Crippen molar-refractivity contribution in [1.29, 1.82) is 0 Å². The number of hydrogen-bond donors (Lipinski definition) is 1. The molecule has 0 spiro atoms. The molecule has 0 saturated heterocycles. The standard InChI is InChI=1S/C18H31ClN2/c1-5-7-8-11-21(14(3)4)18-10-9-15(13-17(18)19)12-16(20)6-2/h9-10,13-14,16H,5-8,11-12,20H2,1-4H3. The Labute approximate surface area is 135 Å². The van der Waals surface area contributed by atoms with Gasteiger partial charge in [0, 0.05) is 18.6 Å².